The Kier molecular flexibility index (Phi) is 4.77. The Labute approximate surface area is 220 Å². The highest BCUT2D eigenvalue weighted by Crippen LogP contribution is 2.39. The lowest BCUT2D eigenvalue weighted by molar-refractivity contribution is 0.472. The predicted octanol–water partition coefficient (Wildman–Crippen LogP) is 8.05. The zero-order valence-electron chi connectivity index (χ0n) is 23.6. The van der Waals surface area contributed by atoms with Crippen molar-refractivity contribution in [2.75, 3.05) is 0 Å². The second kappa shape index (κ2) is 9.07. The van der Waals surface area contributed by atoms with E-state index in [0.29, 0.717) is 28.0 Å². The molecule has 0 saturated carbocycles. The van der Waals surface area contributed by atoms with Crippen LogP contribution in [0.4, 0.5) is 0 Å². The first-order chi connectivity index (χ1) is 19.2. The van der Waals surface area contributed by atoms with E-state index >= 15 is 0 Å². The number of nitrogens with zero attached hydrogens (tertiary/aromatic N) is 3. The Morgan fingerprint density at radius 2 is 1.54 bits per heavy atom. The summed E-state index contributed by atoms with van der Waals surface area (Å²) < 4.78 is 26.8. The van der Waals surface area contributed by atoms with Gasteiger partial charge in [0.1, 0.15) is 11.6 Å². The van der Waals surface area contributed by atoms with Crippen molar-refractivity contribution < 1.29 is 9.22 Å². The van der Waals surface area contributed by atoms with E-state index in [1.54, 1.807) is 18.3 Å². The molecule has 0 bridgehead atoms. The Balaban J connectivity index is 1.72. The molecule has 6 rings (SSSR count). The molecule has 0 atom stereocenters. The third-order valence-electron chi connectivity index (χ3n) is 6.59. The van der Waals surface area contributed by atoms with E-state index in [1.807, 2.05) is 103 Å². The van der Waals surface area contributed by atoms with Crippen LogP contribution in [0, 0.1) is 20.7 Å². The van der Waals surface area contributed by atoms with Gasteiger partial charge in [-0.15, -0.1) is 0 Å². The Hall–Kier alpha value is -4.70. The molecule has 6 aromatic rings. The van der Waals surface area contributed by atoms with Gasteiger partial charge < -0.3 is 5.11 Å². The summed E-state index contributed by atoms with van der Waals surface area (Å²) in [6.07, 6.45) is 1.75. The summed E-state index contributed by atoms with van der Waals surface area (Å²) in [5.41, 5.74) is 7.90. The van der Waals surface area contributed by atoms with Crippen molar-refractivity contribution in [1.82, 2.24) is 14.5 Å². The molecule has 0 radical (unpaired) electrons. The fraction of sp³-hybridized carbons (Fsp3) is 0.0909. The summed E-state index contributed by atoms with van der Waals surface area (Å²) in [5.74, 6) is 0.683. The highest BCUT2D eigenvalue weighted by atomic mass is 16.3. The minimum absolute atomic E-state index is 0.146. The minimum atomic E-state index is -2.34. The summed E-state index contributed by atoms with van der Waals surface area (Å²) in [5, 5.41) is 11.2. The normalized spacial score (nSPS) is 12.8. The number of imidazole rings is 1. The molecule has 4 heteroatoms. The molecular formula is C33H27N3O. The highest BCUT2D eigenvalue weighted by Gasteiger charge is 2.21. The molecule has 0 spiro atoms. The van der Waals surface area contributed by atoms with Crippen LogP contribution in [0.1, 0.15) is 20.8 Å². The number of aromatic hydroxyl groups is 1. The van der Waals surface area contributed by atoms with Crippen LogP contribution in [0.5, 0.6) is 5.75 Å². The first-order valence-corrected chi connectivity index (χ1v) is 12.2. The monoisotopic (exact) mass is 484 g/mol. The third kappa shape index (κ3) is 4.07. The lowest BCUT2D eigenvalue weighted by Crippen LogP contribution is -1.98. The van der Waals surface area contributed by atoms with Crippen molar-refractivity contribution >= 4 is 11.0 Å². The summed E-state index contributed by atoms with van der Waals surface area (Å²) >= 11 is 0. The average Bonchev–Trinajstić information content (AvgIpc) is 3.34. The molecule has 0 unspecified atom stereocenters. The number of aromatic nitrogens is 3. The number of benzene rings is 4. The quantitative estimate of drug-likeness (QED) is 0.275. The van der Waals surface area contributed by atoms with Gasteiger partial charge in [0.05, 0.1) is 22.3 Å². The zero-order valence-corrected chi connectivity index (χ0v) is 20.6. The van der Waals surface area contributed by atoms with E-state index in [2.05, 4.69) is 4.98 Å². The molecule has 0 saturated heterocycles. The van der Waals surface area contributed by atoms with Crippen LogP contribution >= 0.6 is 0 Å². The molecule has 2 heterocycles. The summed E-state index contributed by atoms with van der Waals surface area (Å²) in [7, 11) is 0. The Morgan fingerprint density at radius 3 is 2.32 bits per heavy atom. The second-order valence-corrected chi connectivity index (χ2v) is 9.27. The lowest BCUT2D eigenvalue weighted by atomic mass is 9.98. The molecule has 0 amide bonds. The van der Waals surface area contributed by atoms with Gasteiger partial charge in [0, 0.05) is 27.1 Å². The van der Waals surface area contributed by atoms with Crippen molar-refractivity contribution in [2.24, 2.45) is 0 Å². The van der Waals surface area contributed by atoms with Gasteiger partial charge in [-0.05, 0) is 91.5 Å². The lowest BCUT2D eigenvalue weighted by Gasteiger charge is -2.13. The van der Waals surface area contributed by atoms with Crippen molar-refractivity contribution in [3.05, 3.63) is 120 Å². The van der Waals surface area contributed by atoms with Crippen LogP contribution in [-0.2, 0) is 0 Å². The minimum Gasteiger partial charge on any atom is -0.507 e. The standard InChI is InChI=1S/C33H27N3O/c1-21-16-23(3)32(37)28(18-21)33-35-31-27(24-10-9-11-25(20-24)29-14-7-8-15-34-29)17-22(2)19-30(31)36(33)26-12-5-4-6-13-26/h4-20,37H,1-3H3/i2D3. The number of fused-ring (bicyclic) bond motifs is 1. The van der Waals surface area contributed by atoms with Gasteiger partial charge in [-0.2, -0.15) is 0 Å². The van der Waals surface area contributed by atoms with Crippen molar-refractivity contribution in [3.8, 4) is 45.2 Å². The van der Waals surface area contributed by atoms with E-state index in [-0.39, 0.29) is 11.3 Å². The zero-order chi connectivity index (χ0) is 28.0. The molecule has 37 heavy (non-hydrogen) atoms. The molecule has 0 aliphatic rings. The van der Waals surface area contributed by atoms with Gasteiger partial charge in [0.25, 0.3) is 0 Å². The second-order valence-electron chi connectivity index (χ2n) is 9.27. The number of hydrogen-bond acceptors (Lipinski definition) is 3. The highest BCUT2D eigenvalue weighted by molar-refractivity contribution is 5.97. The summed E-state index contributed by atoms with van der Waals surface area (Å²) in [6, 6.07) is 30.6. The summed E-state index contributed by atoms with van der Waals surface area (Å²) in [4.78, 5) is 9.60. The molecule has 0 aliphatic heterocycles. The molecule has 1 N–H and O–H groups in total. The smallest absolute Gasteiger partial charge is 0.149 e. The van der Waals surface area contributed by atoms with E-state index in [1.165, 1.54) is 0 Å². The van der Waals surface area contributed by atoms with E-state index < -0.39 is 6.85 Å². The Bertz CT molecular complexity index is 1860. The topological polar surface area (TPSA) is 50.9 Å². The largest absolute Gasteiger partial charge is 0.507 e. The maximum atomic E-state index is 11.2. The van der Waals surface area contributed by atoms with Gasteiger partial charge in [-0.1, -0.05) is 48.5 Å². The summed E-state index contributed by atoms with van der Waals surface area (Å²) in [6.45, 7) is 1.50. The molecule has 4 aromatic carbocycles. The molecule has 0 aliphatic carbocycles. The average molecular weight is 485 g/mol. The molecule has 0 fully saturated rings. The number of hydrogen-bond donors (Lipinski definition) is 1. The molecule has 2 aromatic heterocycles. The fourth-order valence-electron chi connectivity index (χ4n) is 4.93. The van der Waals surface area contributed by atoms with Gasteiger partial charge in [-0.3, -0.25) is 9.55 Å². The van der Waals surface area contributed by atoms with Crippen LogP contribution in [0.25, 0.3) is 50.5 Å². The number of aryl methyl sites for hydroxylation is 3. The maximum absolute atomic E-state index is 11.2. The number of para-hydroxylation sites is 1. The fourth-order valence-corrected chi connectivity index (χ4v) is 4.93. The van der Waals surface area contributed by atoms with Gasteiger partial charge >= 0.3 is 0 Å². The number of pyridine rings is 1. The number of phenols is 1. The van der Waals surface area contributed by atoms with Crippen LogP contribution in [0.3, 0.4) is 0 Å². The van der Waals surface area contributed by atoms with Gasteiger partial charge in [0.2, 0.25) is 0 Å². The van der Waals surface area contributed by atoms with Crippen LogP contribution in [0.15, 0.2) is 103 Å². The van der Waals surface area contributed by atoms with Crippen LogP contribution in [0.2, 0.25) is 0 Å². The van der Waals surface area contributed by atoms with E-state index in [0.717, 1.165) is 33.6 Å². The number of rotatable bonds is 4. The van der Waals surface area contributed by atoms with Crippen molar-refractivity contribution in [3.63, 3.8) is 0 Å². The first kappa shape index (κ1) is 19.5. The van der Waals surface area contributed by atoms with Crippen molar-refractivity contribution in [1.29, 1.82) is 0 Å². The SMILES string of the molecule is [2H]C([2H])([2H])c1cc(-c2cccc(-c3ccccn3)c2)c2nc(-c3cc(C)cc(C)c3O)n(-c3ccccc3)c2c1. The van der Waals surface area contributed by atoms with E-state index in [9.17, 15) is 5.11 Å². The molecule has 4 nitrogen and oxygen atoms in total. The van der Waals surface area contributed by atoms with Crippen LogP contribution < -0.4 is 0 Å². The Morgan fingerprint density at radius 1 is 0.757 bits per heavy atom. The van der Waals surface area contributed by atoms with Crippen LogP contribution in [-0.4, -0.2) is 19.6 Å². The number of phenolic OH excluding ortho intramolecular Hbond substituents is 1. The third-order valence-corrected chi connectivity index (χ3v) is 6.59. The van der Waals surface area contributed by atoms with Crippen molar-refractivity contribution in [2.45, 2.75) is 20.7 Å². The molecular weight excluding hydrogens is 454 g/mol. The predicted molar refractivity (Wildman–Crippen MR) is 151 cm³/mol. The maximum Gasteiger partial charge on any atom is 0.149 e. The molecule has 180 valence electrons. The van der Waals surface area contributed by atoms with Gasteiger partial charge in [-0.25, -0.2) is 4.98 Å². The van der Waals surface area contributed by atoms with Gasteiger partial charge in [0.15, 0.2) is 0 Å². The van der Waals surface area contributed by atoms with E-state index in [4.69, 9.17) is 9.10 Å². The first-order valence-electron chi connectivity index (χ1n) is 13.7.